The van der Waals surface area contributed by atoms with Crippen molar-refractivity contribution in [3.63, 3.8) is 0 Å². The summed E-state index contributed by atoms with van der Waals surface area (Å²) < 4.78 is 26.9. The van der Waals surface area contributed by atoms with Crippen molar-refractivity contribution in [3.8, 4) is 11.3 Å². The normalized spacial score (nSPS) is 11.5. The van der Waals surface area contributed by atoms with Crippen LogP contribution in [0.15, 0.2) is 53.4 Å². The third-order valence-corrected chi connectivity index (χ3v) is 8.19. The summed E-state index contributed by atoms with van der Waals surface area (Å²) in [5, 5.41) is 2.96. The third kappa shape index (κ3) is 4.91. The molecule has 168 valence electrons. The zero-order valence-corrected chi connectivity index (χ0v) is 20.1. The predicted octanol–water partition coefficient (Wildman–Crippen LogP) is 4.95. The van der Waals surface area contributed by atoms with E-state index < -0.39 is 15.9 Å². The summed E-state index contributed by atoms with van der Waals surface area (Å²) in [5.41, 5.74) is 1.22. The number of ketones is 1. The van der Waals surface area contributed by atoms with Gasteiger partial charge < -0.3 is 0 Å². The largest absolute Gasteiger partial charge is 0.298 e. The summed E-state index contributed by atoms with van der Waals surface area (Å²) in [6.07, 6.45) is 0. The lowest BCUT2D eigenvalue weighted by molar-refractivity contribution is 0.101. The standard InChI is InChI=1S/C22H22ClN3O4S2/c1-4-26(5-2)32(29,30)16-11-12-18(23)17(13-16)21(28)25-22-24-19(20(31-22)14(3)27)15-9-7-6-8-10-15/h6-13H,4-5H2,1-3H3,(H,24,25,28). The lowest BCUT2D eigenvalue weighted by Gasteiger charge is -2.19. The van der Waals surface area contributed by atoms with E-state index >= 15 is 0 Å². The highest BCUT2D eigenvalue weighted by Crippen LogP contribution is 2.32. The highest BCUT2D eigenvalue weighted by Gasteiger charge is 2.25. The van der Waals surface area contributed by atoms with Gasteiger partial charge in [0.25, 0.3) is 5.91 Å². The smallest absolute Gasteiger partial charge is 0.259 e. The van der Waals surface area contributed by atoms with Crippen molar-refractivity contribution >= 4 is 49.8 Å². The van der Waals surface area contributed by atoms with Crippen LogP contribution in [0.25, 0.3) is 11.3 Å². The van der Waals surface area contributed by atoms with Gasteiger partial charge >= 0.3 is 0 Å². The van der Waals surface area contributed by atoms with E-state index in [1.807, 2.05) is 30.3 Å². The van der Waals surface area contributed by atoms with E-state index in [1.165, 1.54) is 29.4 Å². The second-order valence-electron chi connectivity index (χ2n) is 6.80. The first-order valence-corrected chi connectivity index (χ1v) is 12.5. The van der Waals surface area contributed by atoms with Crippen LogP contribution in [0, 0.1) is 0 Å². The Morgan fingerprint density at radius 1 is 1.09 bits per heavy atom. The predicted molar refractivity (Wildman–Crippen MR) is 127 cm³/mol. The summed E-state index contributed by atoms with van der Waals surface area (Å²) in [4.78, 5) is 29.8. The molecule has 0 unspecified atom stereocenters. The topological polar surface area (TPSA) is 96.4 Å². The first-order chi connectivity index (χ1) is 15.2. The van der Waals surface area contributed by atoms with Gasteiger partial charge in [0, 0.05) is 25.6 Å². The molecule has 1 N–H and O–H groups in total. The molecule has 0 saturated heterocycles. The molecule has 0 atom stereocenters. The Hall–Kier alpha value is -2.59. The Balaban J connectivity index is 1.95. The fraction of sp³-hybridized carbons (Fsp3) is 0.227. The van der Waals surface area contributed by atoms with Gasteiger partial charge in [-0.2, -0.15) is 4.31 Å². The van der Waals surface area contributed by atoms with Crippen LogP contribution in [-0.2, 0) is 10.0 Å². The number of rotatable bonds is 8. The Morgan fingerprint density at radius 2 is 1.75 bits per heavy atom. The number of hydrogen-bond acceptors (Lipinski definition) is 6. The number of carbonyl (C=O) groups is 2. The minimum Gasteiger partial charge on any atom is -0.298 e. The van der Waals surface area contributed by atoms with Crippen LogP contribution in [0.2, 0.25) is 5.02 Å². The van der Waals surface area contributed by atoms with Crippen molar-refractivity contribution in [1.82, 2.24) is 9.29 Å². The van der Waals surface area contributed by atoms with Gasteiger partial charge in [0.1, 0.15) is 0 Å². The first-order valence-electron chi connectivity index (χ1n) is 9.87. The fourth-order valence-electron chi connectivity index (χ4n) is 3.12. The molecular formula is C22H22ClN3O4S2. The van der Waals surface area contributed by atoms with Gasteiger partial charge in [0.15, 0.2) is 10.9 Å². The molecule has 3 rings (SSSR count). The summed E-state index contributed by atoms with van der Waals surface area (Å²) in [7, 11) is -3.76. The maximum Gasteiger partial charge on any atom is 0.259 e. The highest BCUT2D eigenvalue weighted by atomic mass is 35.5. The summed E-state index contributed by atoms with van der Waals surface area (Å²) in [6, 6.07) is 13.2. The minimum absolute atomic E-state index is 0.000680. The van der Waals surface area contributed by atoms with E-state index in [0.717, 1.165) is 16.9 Å². The number of hydrogen-bond donors (Lipinski definition) is 1. The van der Waals surface area contributed by atoms with Crippen LogP contribution in [-0.4, -0.2) is 42.5 Å². The number of sulfonamides is 1. The van der Waals surface area contributed by atoms with Crippen LogP contribution in [0.3, 0.4) is 0 Å². The Bertz CT molecular complexity index is 1250. The highest BCUT2D eigenvalue weighted by molar-refractivity contribution is 7.89. The Kier molecular flexibility index (Phi) is 7.45. The molecule has 1 heterocycles. The Morgan fingerprint density at radius 3 is 2.34 bits per heavy atom. The molecule has 0 aliphatic heterocycles. The van der Waals surface area contributed by atoms with E-state index in [2.05, 4.69) is 10.3 Å². The molecule has 1 aromatic heterocycles. The van der Waals surface area contributed by atoms with E-state index in [9.17, 15) is 18.0 Å². The molecule has 7 nitrogen and oxygen atoms in total. The van der Waals surface area contributed by atoms with Gasteiger partial charge in [-0.05, 0) is 18.2 Å². The summed E-state index contributed by atoms with van der Waals surface area (Å²) in [5.74, 6) is -0.790. The van der Waals surface area contributed by atoms with Gasteiger partial charge in [0.2, 0.25) is 10.0 Å². The van der Waals surface area contributed by atoms with Crippen molar-refractivity contribution in [2.24, 2.45) is 0 Å². The number of benzene rings is 2. The molecule has 0 fully saturated rings. The molecule has 0 aliphatic rings. The monoisotopic (exact) mass is 491 g/mol. The molecular weight excluding hydrogens is 470 g/mol. The second kappa shape index (κ2) is 9.91. The zero-order valence-electron chi connectivity index (χ0n) is 17.8. The van der Waals surface area contributed by atoms with Crippen molar-refractivity contribution in [3.05, 3.63) is 64.0 Å². The number of thiazole rings is 1. The minimum atomic E-state index is -3.76. The fourth-order valence-corrected chi connectivity index (χ4v) is 5.69. The first kappa shape index (κ1) is 24.1. The number of halogens is 1. The SMILES string of the molecule is CCN(CC)S(=O)(=O)c1ccc(Cl)c(C(=O)Nc2nc(-c3ccccc3)c(C(C)=O)s2)c1. The quantitative estimate of drug-likeness (QED) is 0.450. The zero-order chi connectivity index (χ0) is 23.5. The number of aromatic nitrogens is 1. The molecule has 0 saturated carbocycles. The van der Waals surface area contributed by atoms with Gasteiger partial charge in [-0.3, -0.25) is 14.9 Å². The summed E-state index contributed by atoms with van der Waals surface area (Å²) in [6.45, 7) is 5.52. The van der Waals surface area contributed by atoms with Crippen molar-refractivity contribution in [2.45, 2.75) is 25.7 Å². The average molecular weight is 492 g/mol. The number of Topliss-reactive ketones (excluding diaryl/α,β-unsaturated/α-hetero) is 1. The number of amides is 1. The maximum absolute atomic E-state index is 12.9. The lowest BCUT2D eigenvalue weighted by Crippen LogP contribution is -2.30. The van der Waals surface area contributed by atoms with E-state index in [1.54, 1.807) is 13.8 Å². The van der Waals surface area contributed by atoms with Gasteiger partial charge in [-0.1, -0.05) is 67.1 Å². The lowest BCUT2D eigenvalue weighted by atomic mass is 10.1. The van der Waals surface area contributed by atoms with E-state index in [4.69, 9.17) is 11.6 Å². The average Bonchev–Trinajstić information content (AvgIpc) is 3.19. The van der Waals surface area contributed by atoms with Crippen LogP contribution in [0.1, 0.15) is 40.8 Å². The number of carbonyl (C=O) groups excluding carboxylic acids is 2. The molecule has 0 bridgehead atoms. The molecule has 32 heavy (non-hydrogen) atoms. The third-order valence-electron chi connectivity index (χ3n) is 4.74. The van der Waals surface area contributed by atoms with Crippen LogP contribution >= 0.6 is 22.9 Å². The van der Waals surface area contributed by atoms with E-state index in [0.29, 0.717) is 23.7 Å². The number of nitrogens with one attached hydrogen (secondary N) is 1. The second-order valence-corrected chi connectivity index (χ2v) is 10.1. The van der Waals surface area contributed by atoms with Crippen LogP contribution in [0.5, 0.6) is 0 Å². The molecule has 10 heteroatoms. The van der Waals surface area contributed by atoms with Crippen molar-refractivity contribution in [1.29, 1.82) is 0 Å². The summed E-state index contributed by atoms with van der Waals surface area (Å²) >= 11 is 7.25. The van der Waals surface area contributed by atoms with Crippen molar-refractivity contribution < 1.29 is 18.0 Å². The van der Waals surface area contributed by atoms with Gasteiger partial charge in [0.05, 0.1) is 26.1 Å². The number of nitrogens with zero attached hydrogens (tertiary/aromatic N) is 2. The molecule has 1 amide bonds. The van der Waals surface area contributed by atoms with E-state index in [-0.39, 0.29) is 26.4 Å². The van der Waals surface area contributed by atoms with Crippen molar-refractivity contribution in [2.75, 3.05) is 18.4 Å². The molecule has 0 radical (unpaired) electrons. The molecule has 0 aliphatic carbocycles. The molecule has 3 aromatic rings. The molecule has 0 spiro atoms. The van der Waals surface area contributed by atoms with Crippen LogP contribution < -0.4 is 5.32 Å². The Labute approximate surface area is 196 Å². The number of anilines is 1. The van der Waals surface area contributed by atoms with Gasteiger partial charge in [-0.15, -0.1) is 0 Å². The van der Waals surface area contributed by atoms with Crippen LogP contribution in [0.4, 0.5) is 5.13 Å². The molecule has 2 aromatic carbocycles. The maximum atomic E-state index is 12.9. The van der Waals surface area contributed by atoms with Gasteiger partial charge in [-0.25, -0.2) is 13.4 Å².